The number of pyridine rings is 1. The largest absolute Gasteiger partial charge is 0.450 e. The quantitative estimate of drug-likeness (QED) is 0.416. The third kappa shape index (κ3) is 7.99. The Bertz CT molecular complexity index is 1390. The molecule has 3 N–H and O–H groups in total. The Hall–Kier alpha value is -3.87. The minimum Gasteiger partial charge on any atom is -0.450 e. The summed E-state index contributed by atoms with van der Waals surface area (Å²) in [5.74, 6) is -1.96. The summed E-state index contributed by atoms with van der Waals surface area (Å²) in [4.78, 5) is 57.3. The van der Waals surface area contributed by atoms with E-state index in [0.29, 0.717) is 25.1 Å². The van der Waals surface area contributed by atoms with Crippen molar-refractivity contribution in [1.29, 1.82) is 0 Å². The molecule has 236 valence electrons. The number of nitrogens with zero attached hydrogens (tertiary/aromatic N) is 2. The third-order valence-electron chi connectivity index (χ3n) is 8.29. The molecule has 0 unspecified atom stereocenters. The van der Waals surface area contributed by atoms with Crippen LogP contribution in [0.25, 0.3) is 17.0 Å². The zero-order valence-corrected chi connectivity index (χ0v) is 25.3. The van der Waals surface area contributed by atoms with E-state index in [-0.39, 0.29) is 43.8 Å². The second-order valence-electron chi connectivity index (χ2n) is 11.7. The van der Waals surface area contributed by atoms with E-state index in [4.69, 9.17) is 19.2 Å². The maximum atomic E-state index is 13.3. The van der Waals surface area contributed by atoms with Crippen molar-refractivity contribution in [2.24, 2.45) is 5.92 Å². The van der Waals surface area contributed by atoms with Gasteiger partial charge in [-0.2, -0.15) is 0 Å². The van der Waals surface area contributed by atoms with Gasteiger partial charge in [0.1, 0.15) is 25.5 Å². The minimum absolute atomic E-state index is 0.124. The van der Waals surface area contributed by atoms with Crippen LogP contribution in [0, 0.1) is 5.92 Å². The number of hydrazine groups is 1. The van der Waals surface area contributed by atoms with Gasteiger partial charge in [-0.25, -0.2) is 10.2 Å². The molecule has 12 heteroatoms. The average Bonchev–Trinajstić information content (AvgIpc) is 3.56. The summed E-state index contributed by atoms with van der Waals surface area (Å²) >= 11 is 0. The number of nitrogens with one attached hydrogen (secondary N) is 3. The molecule has 2 fully saturated rings. The normalized spacial score (nSPS) is 27.8. The van der Waals surface area contributed by atoms with Crippen LogP contribution in [0.5, 0.6) is 0 Å². The lowest BCUT2D eigenvalue weighted by Crippen LogP contribution is -2.61. The van der Waals surface area contributed by atoms with Crippen LogP contribution in [0.4, 0.5) is 0 Å². The lowest BCUT2D eigenvalue weighted by molar-refractivity contribution is -0.167. The zero-order chi connectivity index (χ0) is 31.1. The lowest BCUT2D eigenvalue weighted by atomic mass is 9.99. The molecule has 1 aromatic carbocycles. The Kier molecular flexibility index (Phi) is 10.6. The number of hydrogen-bond donors (Lipinski definition) is 3. The predicted molar refractivity (Wildman–Crippen MR) is 161 cm³/mol. The van der Waals surface area contributed by atoms with Gasteiger partial charge in [-0.1, -0.05) is 43.2 Å². The van der Waals surface area contributed by atoms with Crippen molar-refractivity contribution in [3.8, 4) is 0 Å². The van der Waals surface area contributed by atoms with Crippen molar-refractivity contribution >= 4 is 40.7 Å². The molecule has 0 spiro atoms. The molecule has 3 heterocycles. The predicted octanol–water partition coefficient (Wildman–Crippen LogP) is 2.53. The fourth-order valence-electron chi connectivity index (χ4n) is 5.89. The van der Waals surface area contributed by atoms with E-state index in [0.717, 1.165) is 42.1 Å². The number of hydrogen-bond acceptors (Lipinski definition) is 9. The van der Waals surface area contributed by atoms with E-state index >= 15 is 0 Å². The van der Waals surface area contributed by atoms with Crippen molar-refractivity contribution < 1.29 is 33.4 Å². The summed E-state index contributed by atoms with van der Waals surface area (Å²) in [5, 5.41) is 8.11. The van der Waals surface area contributed by atoms with Gasteiger partial charge >= 0.3 is 5.97 Å². The fourth-order valence-corrected chi connectivity index (χ4v) is 5.89. The highest BCUT2D eigenvalue weighted by Gasteiger charge is 2.37. The number of benzene rings is 1. The number of rotatable bonds is 1. The molecule has 44 heavy (non-hydrogen) atoms. The molecule has 1 saturated carbocycles. The van der Waals surface area contributed by atoms with Gasteiger partial charge in [0.05, 0.1) is 23.9 Å². The topological polar surface area (TPSA) is 148 Å². The van der Waals surface area contributed by atoms with Gasteiger partial charge in [-0.05, 0) is 57.2 Å². The Labute approximate surface area is 256 Å². The Morgan fingerprint density at radius 1 is 0.886 bits per heavy atom. The van der Waals surface area contributed by atoms with Gasteiger partial charge < -0.3 is 24.8 Å². The van der Waals surface area contributed by atoms with Crippen molar-refractivity contribution in [2.45, 2.75) is 76.6 Å². The smallest absolute Gasteiger partial charge is 0.332 e. The zero-order valence-electron chi connectivity index (χ0n) is 25.3. The lowest BCUT2D eigenvalue weighted by Gasteiger charge is -2.35. The van der Waals surface area contributed by atoms with Gasteiger partial charge in [0, 0.05) is 17.8 Å². The number of esters is 1. The van der Waals surface area contributed by atoms with E-state index in [1.54, 1.807) is 6.92 Å². The van der Waals surface area contributed by atoms with Crippen LogP contribution in [0.2, 0.25) is 0 Å². The first kappa shape index (κ1) is 31.6. The standard InChI is InChI=1S/C32H41N5O7/c1-20-25-14-13-23-12-11-22(17-27(23)35-25)7-6-16-42-19-43-18-28(38)44-29(24-8-3-4-9-24)31(40)34-21(2)32(41)37-15-5-10-26(36-37)30(39)33-20/h6-7,11-14,17,20-21,24,26,29,36H,3-5,8-10,15-16,18-19H2,1-2H3,(H,33,39)(H,34,40)/b7-6+/t20-,21+,26+,29+/m1/s1. The van der Waals surface area contributed by atoms with Gasteiger partial charge in [0.25, 0.3) is 11.8 Å². The maximum Gasteiger partial charge on any atom is 0.332 e. The molecule has 4 atom stereocenters. The van der Waals surface area contributed by atoms with Crippen LogP contribution >= 0.6 is 0 Å². The number of carbonyl (C=O) groups excluding carboxylic acids is 4. The fraction of sp³-hybridized carbons (Fsp3) is 0.531. The number of amides is 3. The number of fused-ring (bicyclic) bond motifs is 4. The number of ether oxygens (including phenoxy) is 3. The SMILES string of the molecule is C[C@@H]1NC(=O)[C@H](C2CCCC2)OC(=O)COCOC/C=C/c2ccc3ccc(nc3c2)[C@@H](C)NC(=O)[C@@H]2CCCN(N2)C1=O. The summed E-state index contributed by atoms with van der Waals surface area (Å²) in [6.07, 6.45) is 7.25. The summed E-state index contributed by atoms with van der Waals surface area (Å²) in [6.45, 7) is 3.61. The molecular formula is C32H41N5O7. The Morgan fingerprint density at radius 3 is 2.48 bits per heavy atom. The van der Waals surface area contributed by atoms with Crippen LogP contribution in [-0.2, 0) is 33.4 Å². The van der Waals surface area contributed by atoms with Crippen LogP contribution in [0.3, 0.4) is 0 Å². The third-order valence-corrected chi connectivity index (χ3v) is 8.29. The molecule has 1 aromatic heterocycles. The molecule has 5 bridgehead atoms. The number of carbonyl (C=O) groups is 4. The number of cyclic esters (lactones) is 1. The van der Waals surface area contributed by atoms with E-state index in [1.807, 2.05) is 49.4 Å². The molecule has 2 aliphatic heterocycles. The second kappa shape index (κ2) is 14.7. The molecular weight excluding hydrogens is 566 g/mol. The van der Waals surface area contributed by atoms with Crippen LogP contribution in [0.15, 0.2) is 36.4 Å². The van der Waals surface area contributed by atoms with E-state index in [2.05, 4.69) is 16.1 Å². The van der Waals surface area contributed by atoms with E-state index < -0.39 is 30.1 Å². The van der Waals surface area contributed by atoms with Crippen LogP contribution in [-0.4, -0.2) is 78.4 Å². The maximum absolute atomic E-state index is 13.3. The van der Waals surface area contributed by atoms with Gasteiger partial charge in [0.15, 0.2) is 6.10 Å². The van der Waals surface area contributed by atoms with Gasteiger partial charge in [-0.15, -0.1) is 0 Å². The van der Waals surface area contributed by atoms with Crippen molar-refractivity contribution in [2.75, 3.05) is 26.6 Å². The molecule has 3 aliphatic rings. The Balaban J connectivity index is 1.34. The molecule has 0 radical (unpaired) electrons. The molecule has 12 nitrogen and oxygen atoms in total. The monoisotopic (exact) mass is 607 g/mol. The summed E-state index contributed by atoms with van der Waals surface area (Å²) in [6, 6.07) is 7.88. The average molecular weight is 608 g/mol. The number of aromatic nitrogens is 1. The highest BCUT2D eigenvalue weighted by Crippen LogP contribution is 2.30. The first-order valence-corrected chi connectivity index (χ1v) is 15.4. The van der Waals surface area contributed by atoms with Crippen molar-refractivity contribution in [3.63, 3.8) is 0 Å². The van der Waals surface area contributed by atoms with Gasteiger partial charge in [0.2, 0.25) is 5.91 Å². The van der Waals surface area contributed by atoms with Gasteiger partial charge in [-0.3, -0.25) is 24.4 Å². The second-order valence-corrected chi connectivity index (χ2v) is 11.7. The Morgan fingerprint density at radius 2 is 1.66 bits per heavy atom. The molecule has 1 aliphatic carbocycles. The van der Waals surface area contributed by atoms with E-state index in [9.17, 15) is 19.2 Å². The van der Waals surface area contributed by atoms with Crippen LogP contribution < -0.4 is 16.1 Å². The first-order chi connectivity index (χ1) is 21.3. The molecule has 2 aromatic rings. The van der Waals surface area contributed by atoms with Crippen molar-refractivity contribution in [1.82, 2.24) is 26.1 Å². The summed E-state index contributed by atoms with van der Waals surface area (Å²) < 4.78 is 16.4. The highest BCUT2D eigenvalue weighted by atomic mass is 16.7. The molecule has 5 rings (SSSR count). The van der Waals surface area contributed by atoms with Crippen LogP contribution in [0.1, 0.15) is 69.7 Å². The molecule has 3 amide bonds. The minimum atomic E-state index is -1.03. The summed E-state index contributed by atoms with van der Waals surface area (Å²) in [5.41, 5.74) is 5.47. The highest BCUT2D eigenvalue weighted by molar-refractivity contribution is 5.91. The van der Waals surface area contributed by atoms with Crippen molar-refractivity contribution in [3.05, 3.63) is 47.7 Å². The first-order valence-electron chi connectivity index (χ1n) is 15.4. The van der Waals surface area contributed by atoms with E-state index in [1.165, 1.54) is 5.01 Å². The molecule has 1 saturated heterocycles. The summed E-state index contributed by atoms with van der Waals surface area (Å²) in [7, 11) is 0.